The van der Waals surface area contributed by atoms with Crippen molar-refractivity contribution in [2.45, 2.75) is 33.2 Å². The topological polar surface area (TPSA) is 81.1 Å². The van der Waals surface area contributed by atoms with Gasteiger partial charge in [0.05, 0.1) is 17.2 Å². The van der Waals surface area contributed by atoms with Crippen molar-refractivity contribution in [3.8, 4) is 5.75 Å². The molecule has 2 N–H and O–H groups in total. The maximum absolute atomic E-state index is 13.0. The van der Waals surface area contributed by atoms with Crippen LogP contribution < -0.4 is 0 Å². The molecule has 0 spiro atoms. The number of nitrogens with zero attached hydrogens (tertiary/aromatic N) is 2. The van der Waals surface area contributed by atoms with Crippen molar-refractivity contribution in [3.05, 3.63) is 69.8 Å². The van der Waals surface area contributed by atoms with Crippen LogP contribution >= 0.6 is 0 Å². The normalized spacial score (nSPS) is 18.3. The number of Topliss-reactive ketones (excluding diaryl/α,β-unsaturated/α-hetero) is 1. The summed E-state index contributed by atoms with van der Waals surface area (Å²) < 4.78 is 0. The first kappa shape index (κ1) is 22.6. The van der Waals surface area contributed by atoms with Crippen molar-refractivity contribution >= 4 is 17.4 Å². The van der Waals surface area contributed by atoms with E-state index in [9.17, 15) is 19.8 Å². The van der Waals surface area contributed by atoms with Crippen LogP contribution in [0.3, 0.4) is 0 Å². The van der Waals surface area contributed by atoms with Crippen LogP contribution in [-0.4, -0.2) is 58.9 Å². The van der Waals surface area contributed by atoms with Gasteiger partial charge in [-0.05, 0) is 76.7 Å². The zero-order valence-electron chi connectivity index (χ0n) is 18.8. The number of rotatable bonds is 6. The average Bonchev–Trinajstić information content (AvgIpc) is 2.95. The van der Waals surface area contributed by atoms with E-state index in [4.69, 9.17) is 0 Å². The van der Waals surface area contributed by atoms with Gasteiger partial charge in [0.25, 0.3) is 11.7 Å². The number of aryl methyl sites for hydroxylation is 3. The van der Waals surface area contributed by atoms with Gasteiger partial charge in [-0.2, -0.15) is 0 Å². The van der Waals surface area contributed by atoms with Gasteiger partial charge < -0.3 is 20.0 Å². The molecule has 1 saturated heterocycles. The molecule has 3 rings (SSSR count). The number of ketones is 1. The number of carbonyl (C=O) groups excluding carboxylic acids is 2. The fraction of sp³-hybridized carbons (Fsp3) is 0.360. The molecule has 0 bridgehead atoms. The second kappa shape index (κ2) is 8.94. The monoisotopic (exact) mass is 422 g/mol. The van der Waals surface area contributed by atoms with Gasteiger partial charge in [-0.3, -0.25) is 9.59 Å². The minimum atomic E-state index is -0.731. The van der Waals surface area contributed by atoms with E-state index >= 15 is 0 Å². The molecule has 0 saturated carbocycles. The fourth-order valence-electron chi connectivity index (χ4n) is 3.90. The van der Waals surface area contributed by atoms with Crippen LogP contribution in [0.1, 0.15) is 40.3 Å². The Labute approximate surface area is 183 Å². The van der Waals surface area contributed by atoms with Crippen molar-refractivity contribution in [2.24, 2.45) is 0 Å². The third kappa shape index (κ3) is 4.49. The molecule has 164 valence electrons. The first-order chi connectivity index (χ1) is 14.6. The second-order valence-electron chi connectivity index (χ2n) is 8.51. The molecule has 0 aliphatic carbocycles. The number of phenols is 1. The van der Waals surface area contributed by atoms with Crippen LogP contribution in [0, 0.1) is 20.8 Å². The summed E-state index contributed by atoms with van der Waals surface area (Å²) in [5.41, 5.74) is 3.71. The molecule has 1 heterocycles. The van der Waals surface area contributed by atoms with Gasteiger partial charge in [0.15, 0.2) is 0 Å². The number of hydrogen-bond acceptors (Lipinski definition) is 5. The minimum absolute atomic E-state index is 0.0114. The van der Waals surface area contributed by atoms with Gasteiger partial charge >= 0.3 is 0 Å². The van der Waals surface area contributed by atoms with Gasteiger partial charge in [-0.15, -0.1) is 0 Å². The summed E-state index contributed by atoms with van der Waals surface area (Å²) in [4.78, 5) is 29.5. The summed E-state index contributed by atoms with van der Waals surface area (Å²) in [5.74, 6) is -1.83. The van der Waals surface area contributed by atoms with Gasteiger partial charge in [-0.1, -0.05) is 29.8 Å². The van der Waals surface area contributed by atoms with Gasteiger partial charge in [0.2, 0.25) is 0 Å². The van der Waals surface area contributed by atoms with Crippen LogP contribution in [0.25, 0.3) is 5.76 Å². The van der Waals surface area contributed by atoms with E-state index in [0.717, 1.165) is 28.8 Å². The van der Waals surface area contributed by atoms with Crippen LogP contribution in [0.15, 0.2) is 42.0 Å². The van der Waals surface area contributed by atoms with Crippen LogP contribution in [-0.2, 0) is 9.59 Å². The number of hydrogen-bond donors (Lipinski definition) is 2. The molecule has 1 amide bonds. The molecule has 0 radical (unpaired) electrons. The SMILES string of the molecule is Cc1ccc(C2/C(=C(\O)c3cc(C)c(C)cc3O)C(=O)C(=O)N2CCCN(C)C)cc1. The van der Waals surface area contributed by atoms with E-state index in [1.807, 2.05) is 64.0 Å². The zero-order chi connectivity index (χ0) is 22.9. The number of likely N-dealkylation sites (tertiary alicyclic amines) is 1. The third-order valence-electron chi connectivity index (χ3n) is 5.80. The van der Waals surface area contributed by atoms with E-state index < -0.39 is 17.7 Å². The van der Waals surface area contributed by atoms with Crippen molar-refractivity contribution < 1.29 is 19.8 Å². The van der Waals surface area contributed by atoms with Gasteiger partial charge in [-0.25, -0.2) is 0 Å². The Kier molecular flexibility index (Phi) is 6.51. The lowest BCUT2D eigenvalue weighted by Gasteiger charge is -2.26. The smallest absolute Gasteiger partial charge is 0.295 e. The van der Waals surface area contributed by atoms with Crippen molar-refractivity contribution in [1.82, 2.24) is 9.80 Å². The van der Waals surface area contributed by atoms with E-state index in [2.05, 4.69) is 0 Å². The molecule has 2 aromatic carbocycles. The lowest BCUT2D eigenvalue weighted by atomic mass is 9.93. The molecule has 0 aromatic heterocycles. The van der Waals surface area contributed by atoms with Crippen molar-refractivity contribution in [3.63, 3.8) is 0 Å². The molecule has 1 unspecified atom stereocenters. The molecule has 1 fully saturated rings. The van der Waals surface area contributed by atoms with E-state index in [1.165, 1.54) is 4.90 Å². The highest BCUT2D eigenvalue weighted by atomic mass is 16.3. The maximum atomic E-state index is 13.0. The standard InChI is InChI=1S/C25H30N2O4/c1-15-7-9-18(10-8-15)22-21(23(29)19-13-16(2)17(3)14-20(19)28)24(30)25(31)27(22)12-6-11-26(4)5/h7-10,13-14,22,28-29H,6,11-12H2,1-5H3/b23-21+. The predicted octanol–water partition coefficient (Wildman–Crippen LogP) is 3.69. The molecule has 1 aliphatic heterocycles. The molecular formula is C25H30N2O4. The highest BCUT2D eigenvalue weighted by molar-refractivity contribution is 6.46. The number of phenolic OH excluding ortho intramolecular Hbond substituents is 1. The maximum Gasteiger partial charge on any atom is 0.295 e. The summed E-state index contributed by atoms with van der Waals surface area (Å²) in [6.45, 7) is 6.83. The number of aliphatic hydroxyl groups excluding tert-OH is 1. The lowest BCUT2D eigenvalue weighted by molar-refractivity contribution is -0.139. The lowest BCUT2D eigenvalue weighted by Crippen LogP contribution is -2.32. The Morgan fingerprint density at radius 2 is 1.65 bits per heavy atom. The number of amides is 1. The van der Waals surface area contributed by atoms with E-state index in [0.29, 0.717) is 13.0 Å². The Hall–Kier alpha value is -3.12. The molecule has 31 heavy (non-hydrogen) atoms. The number of aliphatic hydroxyl groups is 1. The summed E-state index contributed by atoms with van der Waals surface area (Å²) in [6, 6.07) is 10.1. The summed E-state index contributed by atoms with van der Waals surface area (Å²) in [7, 11) is 3.90. The van der Waals surface area contributed by atoms with Crippen molar-refractivity contribution in [1.29, 1.82) is 0 Å². The van der Waals surface area contributed by atoms with E-state index in [-0.39, 0.29) is 22.6 Å². The molecule has 1 atom stereocenters. The van der Waals surface area contributed by atoms with Crippen LogP contribution in [0.2, 0.25) is 0 Å². The predicted molar refractivity (Wildman–Crippen MR) is 121 cm³/mol. The Balaban J connectivity index is 2.15. The first-order valence-electron chi connectivity index (χ1n) is 10.4. The first-order valence-corrected chi connectivity index (χ1v) is 10.4. The second-order valence-corrected chi connectivity index (χ2v) is 8.51. The van der Waals surface area contributed by atoms with Crippen molar-refractivity contribution in [2.75, 3.05) is 27.2 Å². The molecular weight excluding hydrogens is 392 g/mol. The van der Waals surface area contributed by atoms with Gasteiger partial charge in [0, 0.05) is 6.54 Å². The third-order valence-corrected chi connectivity index (χ3v) is 5.80. The number of carbonyl (C=O) groups is 2. The van der Waals surface area contributed by atoms with Crippen LogP contribution in [0.4, 0.5) is 0 Å². The minimum Gasteiger partial charge on any atom is -0.507 e. The average molecular weight is 423 g/mol. The Morgan fingerprint density at radius 3 is 2.26 bits per heavy atom. The number of benzene rings is 2. The summed E-state index contributed by atoms with van der Waals surface area (Å²) >= 11 is 0. The summed E-state index contributed by atoms with van der Waals surface area (Å²) in [5, 5.41) is 21.6. The number of aromatic hydroxyl groups is 1. The zero-order valence-corrected chi connectivity index (χ0v) is 18.8. The largest absolute Gasteiger partial charge is 0.507 e. The Bertz CT molecular complexity index is 1040. The summed E-state index contributed by atoms with van der Waals surface area (Å²) in [6.07, 6.45) is 0.692. The molecule has 2 aromatic rings. The quantitative estimate of drug-likeness (QED) is 0.422. The molecule has 1 aliphatic rings. The Morgan fingerprint density at radius 1 is 1.03 bits per heavy atom. The fourth-order valence-corrected chi connectivity index (χ4v) is 3.90. The molecule has 6 nitrogen and oxygen atoms in total. The highest BCUT2D eigenvalue weighted by Gasteiger charge is 2.46. The van der Waals surface area contributed by atoms with Crippen LogP contribution in [0.5, 0.6) is 5.75 Å². The highest BCUT2D eigenvalue weighted by Crippen LogP contribution is 2.41. The molecule has 6 heteroatoms. The van der Waals surface area contributed by atoms with Gasteiger partial charge in [0.1, 0.15) is 11.5 Å². The van der Waals surface area contributed by atoms with E-state index in [1.54, 1.807) is 12.1 Å².